The van der Waals surface area contributed by atoms with Crippen LogP contribution >= 0.6 is 0 Å². The van der Waals surface area contributed by atoms with Crippen molar-refractivity contribution in [1.82, 2.24) is 4.90 Å². The molecule has 1 fully saturated rings. The van der Waals surface area contributed by atoms with Crippen molar-refractivity contribution in [3.63, 3.8) is 0 Å². The molecule has 1 aromatic carbocycles. The van der Waals surface area contributed by atoms with Gasteiger partial charge < -0.3 is 18.9 Å². The zero-order valence-corrected chi connectivity index (χ0v) is 15.1. The number of carbonyl (C=O) groups is 1. The van der Waals surface area contributed by atoms with Gasteiger partial charge in [0.15, 0.2) is 11.5 Å². The fraction of sp³-hybridized carbons (Fsp3) is 0.588. The lowest BCUT2D eigenvalue weighted by Gasteiger charge is -2.26. The van der Waals surface area contributed by atoms with Crippen LogP contribution in [0.5, 0.6) is 11.5 Å². The van der Waals surface area contributed by atoms with E-state index in [1.807, 2.05) is 0 Å². The van der Waals surface area contributed by atoms with Crippen LogP contribution in [0.1, 0.15) is 23.7 Å². The van der Waals surface area contributed by atoms with Crippen molar-refractivity contribution in [1.29, 1.82) is 0 Å². The number of nitrogens with zero attached hydrogens (tertiary/aromatic N) is 2. The molecule has 0 aromatic heterocycles. The summed E-state index contributed by atoms with van der Waals surface area (Å²) in [5.74, 6) is -0.278. The summed E-state index contributed by atoms with van der Waals surface area (Å²) in [5.41, 5.74) is -0.526. The van der Waals surface area contributed by atoms with E-state index in [0.29, 0.717) is 6.61 Å². The van der Waals surface area contributed by atoms with Crippen LogP contribution in [0.2, 0.25) is 0 Å². The molecule has 1 aromatic rings. The minimum absolute atomic E-state index is 0.123. The molecule has 0 aliphatic carbocycles. The Morgan fingerprint density at radius 1 is 1.31 bits per heavy atom. The predicted octanol–water partition coefficient (Wildman–Crippen LogP) is 1.88. The standard InChI is InChI=1S/C17H24N2O7/c1-3-25-17(20)13-11-16(15(23-2)12-14(13)19(21)22)26-8-4-5-18-6-9-24-10-7-18/h11-12H,3-10H2,1-2H3. The predicted molar refractivity (Wildman–Crippen MR) is 93.0 cm³/mol. The number of nitro groups is 1. The number of morpholine rings is 1. The maximum absolute atomic E-state index is 12.0. The lowest BCUT2D eigenvalue weighted by Crippen LogP contribution is -2.37. The van der Waals surface area contributed by atoms with Crippen molar-refractivity contribution in [3.05, 3.63) is 27.8 Å². The molecular weight excluding hydrogens is 344 g/mol. The smallest absolute Gasteiger partial charge is 0.345 e. The first-order chi connectivity index (χ1) is 12.6. The maximum Gasteiger partial charge on any atom is 0.345 e. The first-order valence-corrected chi connectivity index (χ1v) is 8.53. The molecule has 2 rings (SSSR count). The van der Waals surface area contributed by atoms with Crippen molar-refractivity contribution in [2.45, 2.75) is 13.3 Å². The van der Waals surface area contributed by atoms with Gasteiger partial charge in [-0.2, -0.15) is 0 Å². The van der Waals surface area contributed by atoms with Gasteiger partial charge >= 0.3 is 5.97 Å². The van der Waals surface area contributed by atoms with E-state index in [-0.39, 0.29) is 29.4 Å². The molecule has 0 spiro atoms. The van der Waals surface area contributed by atoms with E-state index >= 15 is 0 Å². The van der Waals surface area contributed by atoms with Crippen molar-refractivity contribution in [3.8, 4) is 11.5 Å². The number of methoxy groups -OCH3 is 1. The molecule has 0 unspecified atom stereocenters. The molecule has 9 nitrogen and oxygen atoms in total. The van der Waals surface area contributed by atoms with Gasteiger partial charge in [-0.3, -0.25) is 15.0 Å². The summed E-state index contributed by atoms with van der Waals surface area (Å²) < 4.78 is 21.1. The second-order valence-electron chi connectivity index (χ2n) is 5.65. The Balaban J connectivity index is 2.06. The Morgan fingerprint density at radius 2 is 2.04 bits per heavy atom. The molecule has 1 aliphatic heterocycles. The van der Waals surface area contributed by atoms with E-state index < -0.39 is 10.9 Å². The number of esters is 1. The summed E-state index contributed by atoms with van der Waals surface area (Å²) in [5, 5.41) is 11.2. The third-order valence-corrected chi connectivity index (χ3v) is 3.95. The maximum atomic E-state index is 12.0. The first-order valence-electron chi connectivity index (χ1n) is 8.53. The summed E-state index contributed by atoms with van der Waals surface area (Å²) >= 11 is 0. The average molecular weight is 368 g/mol. The zero-order chi connectivity index (χ0) is 18.9. The Bertz CT molecular complexity index is 630. The molecule has 0 amide bonds. The molecule has 1 saturated heterocycles. The van der Waals surface area contributed by atoms with Crippen LogP contribution in [0, 0.1) is 10.1 Å². The highest BCUT2D eigenvalue weighted by Gasteiger charge is 2.25. The second-order valence-corrected chi connectivity index (χ2v) is 5.65. The van der Waals surface area contributed by atoms with Crippen LogP contribution in [0.4, 0.5) is 5.69 Å². The average Bonchev–Trinajstić information content (AvgIpc) is 2.65. The highest BCUT2D eigenvalue weighted by atomic mass is 16.6. The molecule has 1 aliphatic rings. The molecule has 0 radical (unpaired) electrons. The van der Waals surface area contributed by atoms with Crippen molar-refractivity contribution >= 4 is 11.7 Å². The first kappa shape index (κ1) is 19.9. The number of carbonyl (C=O) groups excluding carboxylic acids is 1. The number of rotatable bonds is 9. The topological polar surface area (TPSA) is 100 Å². The van der Waals surface area contributed by atoms with Crippen LogP contribution in [-0.2, 0) is 9.47 Å². The Hall–Kier alpha value is -2.39. The number of benzene rings is 1. The minimum Gasteiger partial charge on any atom is -0.493 e. The van der Waals surface area contributed by atoms with Crippen LogP contribution in [0.25, 0.3) is 0 Å². The van der Waals surface area contributed by atoms with Gasteiger partial charge in [0.25, 0.3) is 5.69 Å². The monoisotopic (exact) mass is 368 g/mol. The Labute approximate surface area is 151 Å². The lowest BCUT2D eigenvalue weighted by atomic mass is 10.1. The van der Waals surface area contributed by atoms with Gasteiger partial charge in [0.05, 0.1) is 44.5 Å². The minimum atomic E-state index is -0.764. The van der Waals surface area contributed by atoms with E-state index in [0.717, 1.165) is 39.3 Å². The zero-order valence-electron chi connectivity index (χ0n) is 15.1. The number of nitro benzene ring substituents is 1. The summed E-state index contributed by atoms with van der Waals surface area (Å²) in [6, 6.07) is 2.49. The molecule has 0 saturated carbocycles. The van der Waals surface area contributed by atoms with E-state index in [2.05, 4.69) is 4.90 Å². The lowest BCUT2D eigenvalue weighted by molar-refractivity contribution is -0.385. The fourth-order valence-electron chi connectivity index (χ4n) is 2.64. The van der Waals surface area contributed by atoms with Crippen LogP contribution in [0.3, 0.4) is 0 Å². The van der Waals surface area contributed by atoms with Gasteiger partial charge in [-0.25, -0.2) is 4.79 Å². The number of hydrogen-bond donors (Lipinski definition) is 0. The summed E-state index contributed by atoms with van der Waals surface area (Å²) in [4.78, 5) is 24.9. The van der Waals surface area contributed by atoms with Crippen molar-refractivity contribution in [2.24, 2.45) is 0 Å². The van der Waals surface area contributed by atoms with Crippen molar-refractivity contribution in [2.75, 3.05) is 53.2 Å². The van der Waals surface area contributed by atoms with Gasteiger partial charge in [0, 0.05) is 25.7 Å². The third kappa shape index (κ3) is 5.30. The van der Waals surface area contributed by atoms with Gasteiger partial charge in [-0.05, 0) is 13.3 Å². The Kier molecular flexibility index (Phi) is 7.61. The normalized spacial score (nSPS) is 14.7. The fourth-order valence-corrected chi connectivity index (χ4v) is 2.64. The van der Waals surface area contributed by atoms with E-state index in [4.69, 9.17) is 18.9 Å². The van der Waals surface area contributed by atoms with E-state index in [1.54, 1.807) is 6.92 Å². The Morgan fingerprint density at radius 3 is 2.65 bits per heavy atom. The van der Waals surface area contributed by atoms with Crippen LogP contribution in [-0.4, -0.2) is 69.0 Å². The van der Waals surface area contributed by atoms with Crippen LogP contribution < -0.4 is 9.47 Å². The second kappa shape index (κ2) is 9.93. The SMILES string of the molecule is CCOC(=O)c1cc(OCCCN2CCOCC2)c(OC)cc1[N+](=O)[O-]. The van der Waals surface area contributed by atoms with Gasteiger partial charge in [-0.15, -0.1) is 0 Å². The van der Waals surface area contributed by atoms with Crippen LogP contribution in [0.15, 0.2) is 12.1 Å². The van der Waals surface area contributed by atoms with Gasteiger partial charge in [0.1, 0.15) is 5.56 Å². The molecular formula is C17H24N2O7. The highest BCUT2D eigenvalue weighted by molar-refractivity contribution is 5.95. The largest absolute Gasteiger partial charge is 0.493 e. The summed E-state index contributed by atoms with van der Waals surface area (Å²) in [6.07, 6.45) is 0.773. The molecule has 0 N–H and O–H groups in total. The van der Waals surface area contributed by atoms with Gasteiger partial charge in [-0.1, -0.05) is 0 Å². The number of ether oxygens (including phenoxy) is 4. The quantitative estimate of drug-likeness (QED) is 0.282. The summed E-state index contributed by atoms with van der Waals surface area (Å²) in [6.45, 7) is 6.28. The van der Waals surface area contributed by atoms with E-state index in [9.17, 15) is 14.9 Å². The molecule has 1 heterocycles. The molecule has 0 atom stereocenters. The molecule has 9 heteroatoms. The third-order valence-electron chi connectivity index (χ3n) is 3.95. The number of hydrogen-bond acceptors (Lipinski definition) is 8. The van der Waals surface area contributed by atoms with E-state index in [1.165, 1.54) is 19.2 Å². The molecule has 26 heavy (non-hydrogen) atoms. The summed E-state index contributed by atoms with van der Waals surface area (Å²) in [7, 11) is 1.39. The molecule has 0 bridgehead atoms. The highest BCUT2D eigenvalue weighted by Crippen LogP contribution is 2.35. The van der Waals surface area contributed by atoms with Crippen molar-refractivity contribution < 1.29 is 28.7 Å². The van der Waals surface area contributed by atoms with Gasteiger partial charge in [0.2, 0.25) is 0 Å². The molecule has 144 valence electrons.